The first-order chi connectivity index (χ1) is 11.8. The summed E-state index contributed by atoms with van der Waals surface area (Å²) < 4.78 is 27.7. The van der Waals surface area contributed by atoms with E-state index in [1.807, 2.05) is 19.1 Å². The molecule has 0 saturated heterocycles. The lowest BCUT2D eigenvalue weighted by Gasteiger charge is -2.03. The molecule has 0 spiro atoms. The number of aryl methyl sites for hydroxylation is 2. The quantitative estimate of drug-likeness (QED) is 0.640. The zero-order valence-corrected chi connectivity index (χ0v) is 17.0. The highest BCUT2D eigenvalue weighted by molar-refractivity contribution is 7.91. The maximum atomic E-state index is 12.2. The van der Waals surface area contributed by atoms with Gasteiger partial charge in [0.2, 0.25) is 10.0 Å². The van der Waals surface area contributed by atoms with Gasteiger partial charge in [0.25, 0.3) is 0 Å². The molecule has 25 heavy (non-hydrogen) atoms. The van der Waals surface area contributed by atoms with E-state index in [2.05, 4.69) is 28.8 Å². The van der Waals surface area contributed by atoms with Crippen LogP contribution < -0.4 is 4.72 Å². The summed E-state index contributed by atoms with van der Waals surface area (Å²) in [6, 6.07) is 11.3. The van der Waals surface area contributed by atoms with E-state index in [1.165, 1.54) is 11.6 Å². The molecule has 3 aromatic rings. The SMILES string of the molecule is Cc1cccc(-c2nc(C)c(CCNS(=O)(=O)c3ccc(Cl)s3)s2)c1. The molecule has 0 aliphatic carbocycles. The first kappa shape index (κ1) is 18.5. The van der Waals surface area contributed by atoms with Crippen molar-refractivity contribution in [2.24, 2.45) is 0 Å². The summed E-state index contributed by atoms with van der Waals surface area (Å²) in [4.78, 5) is 5.71. The Kier molecular flexibility index (Phi) is 5.60. The maximum absolute atomic E-state index is 12.2. The Bertz CT molecular complexity index is 993. The number of hydrogen-bond acceptors (Lipinski definition) is 5. The Balaban J connectivity index is 1.68. The number of rotatable bonds is 6. The van der Waals surface area contributed by atoms with Gasteiger partial charge in [0, 0.05) is 17.0 Å². The largest absolute Gasteiger partial charge is 0.250 e. The van der Waals surface area contributed by atoms with Crippen molar-refractivity contribution in [3.05, 3.63) is 56.9 Å². The fourth-order valence-corrected chi connectivity index (χ4v) is 5.99. The van der Waals surface area contributed by atoms with Crippen molar-refractivity contribution < 1.29 is 8.42 Å². The van der Waals surface area contributed by atoms with Crippen molar-refractivity contribution >= 4 is 44.3 Å². The molecule has 8 heteroatoms. The molecular weight excluding hydrogens is 396 g/mol. The Morgan fingerprint density at radius 1 is 1.16 bits per heavy atom. The summed E-state index contributed by atoms with van der Waals surface area (Å²) in [6.45, 7) is 4.34. The van der Waals surface area contributed by atoms with Crippen LogP contribution in [-0.2, 0) is 16.4 Å². The lowest BCUT2D eigenvalue weighted by atomic mass is 10.1. The van der Waals surface area contributed by atoms with E-state index in [0.717, 1.165) is 32.5 Å². The third kappa shape index (κ3) is 4.48. The molecule has 1 N–H and O–H groups in total. The van der Waals surface area contributed by atoms with Gasteiger partial charge in [0.15, 0.2) is 0 Å². The van der Waals surface area contributed by atoms with Crippen molar-refractivity contribution in [2.75, 3.05) is 6.54 Å². The maximum Gasteiger partial charge on any atom is 0.250 e. The Hall–Kier alpha value is -1.25. The van der Waals surface area contributed by atoms with Crippen LogP contribution in [0.15, 0.2) is 40.6 Å². The van der Waals surface area contributed by atoms with Crippen molar-refractivity contribution in [3.8, 4) is 10.6 Å². The number of thiophene rings is 1. The van der Waals surface area contributed by atoms with Crippen molar-refractivity contribution in [2.45, 2.75) is 24.5 Å². The number of benzene rings is 1. The van der Waals surface area contributed by atoms with E-state index in [-0.39, 0.29) is 4.21 Å². The summed E-state index contributed by atoms with van der Waals surface area (Å²) in [5.74, 6) is 0. The summed E-state index contributed by atoms with van der Waals surface area (Å²) >= 11 is 8.47. The van der Waals surface area contributed by atoms with Gasteiger partial charge < -0.3 is 0 Å². The Morgan fingerprint density at radius 3 is 2.64 bits per heavy atom. The fourth-order valence-electron chi connectivity index (χ4n) is 2.37. The van der Waals surface area contributed by atoms with Crippen LogP contribution in [0.1, 0.15) is 16.1 Å². The minimum atomic E-state index is -3.51. The van der Waals surface area contributed by atoms with Gasteiger partial charge in [-0.15, -0.1) is 22.7 Å². The van der Waals surface area contributed by atoms with Crippen molar-refractivity contribution in [3.63, 3.8) is 0 Å². The lowest BCUT2D eigenvalue weighted by Crippen LogP contribution is -2.25. The van der Waals surface area contributed by atoms with Crippen molar-refractivity contribution in [1.82, 2.24) is 9.71 Å². The lowest BCUT2D eigenvalue weighted by molar-refractivity contribution is 0.584. The third-order valence-electron chi connectivity index (χ3n) is 3.62. The number of sulfonamides is 1. The molecule has 0 bridgehead atoms. The Morgan fingerprint density at radius 2 is 1.96 bits per heavy atom. The normalized spacial score (nSPS) is 11.8. The van der Waals surface area contributed by atoms with E-state index >= 15 is 0 Å². The highest BCUT2D eigenvalue weighted by Gasteiger charge is 2.17. The zero-order chi connectivity index (χ0) is 18.0. The van der Waals surface area contributed by atoms with Crippen LogP contribution in [0.5, 0.6) is 0 Å². The molecule has 132 valence electrons. The number of aromatic nitrogens is 1. The molecular formula is C17H17ClN2O2S3. The summed E-state index contributed by atoms with van der Waals surface area (Å²) in [6.07, 6.45) is 0.605. The fraction of sp³-hybridized carbons (Fsp3) is 0.235. The number of hydrogen-bond donors (Lipinski definition) is 1. The molecule has 3 rings (SSSR count). The van der Waals surface area contributed by atoms with Crippen molar-refractivity contribution in [1.29, 1.82) is 0 Å². The predicted octanol–water partition coefficient (Wildman–Crippen LogP) is 4.66. The Labute approximate surface area is 160 Å². The molecule has 0 aliphatic heterocycles. The van der Waals surface area contributed by atoms with Gasteiger partial charge in [0.1, 0.15) is 9.22 Å². The smallest absolute Gasteiger partial charge is 0.241 e. The molecule has 0 unspecified atom stereocenters. The van der Waals surface area contributed by atoms with Crippen LogP contribution in [-0.4, -0.2) is 19.9 Å². The van der Waals surface area contributed by atoms with Crippen LogP contribution >= 0.6 is 34.3 Å². The molecule has 0 aliphatic rings. The minimum absolute atomic E-state index is 0.235. The molecule has 0 radical (unpaired) electrons. The second-order valence-corrected chi connectivity index (χ2v) is 10.4. The van der Waals surface area contributed by atoms with Crippen LogP contribution in [0.4, 0.5) is 0 Å². The standard InChI is InChI=1S/C17H17ClN2O2S3/c1-11-4-3-5-13(10-11)17-20-12(2)14(23-17)8-9-19-25(21,22)16-7-6-15(18)24-16/h3-7,10,19H,8-9H2,1-2H3. The van der Waals surface area contributed by atoms with Gasteiger partial charge in [-0.05, 0) is 38.5 Å². The predicted molar refractivity (Wildman–Crippen MR) is 105 cm³/mol. The number of nitrogens with zero attached hydrogens (tertiary/aromatic N) is 1. The molecule has 0 saturated carbocycles. The zero-order valence-electron chi connectivity index (χ0n) is 13.7. The molecule has 4 nitrogen and oxygen atoms in total. The highest BCUT2D eigenvalue weighted by atomic mass is 35.5. The third-order valence-corrected chi connectivity index (χ3v) is 8.07. The van der Waals surface area contributed by atoms with Gasteiger partial charge in [0.05, 0.1) is 10.0 Å². The molecule has 0 amide bonds. The molecule has 2 heterocycles. The van der Waals surface area contributed by atoms with Gasteiger partial charge >= 0.3 is 0 Å². The monoisotopic (exact) mass is 412 g/mol. The first-order valence-electron chi connectivity index (χ1n) is 7.63. The number of thiazole rings is 1. The van der Waals surface area contributed by atoms with E-state index in [1.54, 1.807) is 17.4 Å². The number of halogens is 1. The topological polar surface area (TPSA) is 59.1 Å². The average Bonchev–Trinajstić information content (AvgIpc) is 3.14. The van der Waals surface area contributed by atoms with Crippen LogP contribution in [0.3, 0.4) is 0 Å². The second kappa shape index (κ2) is 7.55. The van der Waals surface area contributed by atoms with E-state index in [0.29, 0.717) is 17.3 Å². The first-order valence-corrected chi connectivity index (χ1v) is 11.1. The van der Waals surface area contributed by atoms with Crippen LogP contribution in [0.25, 0.3) is 10.6 Å². The highest BCUT2D eigenvalue weighted by Crippen LogP contribution is 2.29. The number of nitrogens with one attached hydrogen (secondary N) is 1. The van der Waals surface area contributed by atoms with Gasteiger partial charge in [-0.25, -0.2) is 18.1 Å². The van der Waals surface area contributed by atoms with E-state index in [9.17, 15) is 8.42 Å². The summed E-state index contributed by atoms with van der Waals surface area (Å²) in [7, 11) is -3.51. The average molecular weight is 413 g/mol. The summed E-state index contributed by atoms with van der Waals surface area (Å²) in [5, 5.41) is 0.962. The summed E-state index contributed by atoms with van der Waals surface area (Å²) in [5.41, 5.74) is 3.22. The van der Waals surface area contributed by atoms with Gasteiger partial charge in [-0.3, -0.25) is 0 Å². The van der Waals surface area contributed by atoms with E-state index < -0.39 is 10.0 Å². The molecule has 1 aromatic carbocycles. The van der Waals surface area contributed by atoms with Gasteiger partial charge in [-0.1, -0.05) is 35.4 Å². The molecule has 0 atom stereocenters. The van der Waals surface area contributed by atoms with E-state index in [4.69, 9.17) is 11.6 Å². The van der Waals surface area contributed by atoms with Crippen LogP contribution in [0, 0.1) is 13.8 Å². The molecule has 2 aromatic heterocycles. The second-order valence-electron chi connectivity index (χ2n) is 5.60. The minimum Gasteiger partial charge on any atom is -0.241 e. The molecule has 0 fully saturated rings. The van der Waals surface area contributed by atoms with Crippen LogP contribution in [0.2, 0.25) is 4.34 Å². The van der Waals surface area contributed by atoms with Gasteiger partial charge in [-0.2, -0.15) is 0 Å².